The van der Waals surface area contributed by atoms with Gasteiger partial charge >= 0.3 is 0 Å². The highest BCUT2D eigenvalue weighted by molar-refractivity contribution is 5.96. The van der Waals surface area contributed by atoms with Crippen LogP contribution in [0.2, 0.25) is 0 Å². The van der Waals surface area contributed by atoms with Gasteiger partial charge in [0.25, 0.3) is 0 Å². The molecular formula is C16H23NO2. The molecule has 0 saturated heterocycles. The van der Waals surface area contributed by atoms with Crippen molar-refractivity contribution in [1.29, 1.82) is 0 Å². The Labute approximate surface area is 115 Å². The third-order valence-electron chi connectivity index (χ3n) is 3.97. The van der Waals surface area contributed by atoms with Crippen molar-refractivity contribution in [2.24, 2.45) is 5.73 Å². The lowest BCUT2D eigenvalue weighted by molar-refractivity contribution is 0.0985. The Morgan fingerprint density at radius 2 is 2.05 bits per heavy atom. The van der Waals surface area contributed by atoms with Crippen LogP contribution in [-0.4, -0.2) is 19.4 Å². The summed E-state index contributed by atoms with van der Waals surface area (Å²) in [6, 6.07) is 5.80. The third-order valence-corrected chi connectivity index (χ3v) is 3.97. The van der Waals surface area contributed by atoms with Gasteiger partial charge in [-0.15, -0.1) is 0 Å². The second-order valence-corrected chi connectivity index (χ2v) is 5.25. The number of nitrogens with two attached hydrogens (primary N) is 1. The van der Waals surface area contributed by atoms with E-state index in [-0.39, 0.29) is 5.78 Å². The molecule has 0 unspecified atom stereocenters. The van der Waals surface area contributed by atoms with Gasteiger partial charge in [0.05, 0.1) is 7.11 Å². The van der Waals surface area contributed by atoms with Crippen LogP contribution in [-0.2, 0) is 0 Å². The van der Waals surface area contributed by atoms with Crippen molar-refractivity contribution in [3.8, 4) is 5.75 Å². The predicted octanol–water partition coefficient (Wildman–Crippen LogP) is 3.27. The zero-order valence-electron chi connectivity index (χ0n) is 11.7. The molecule has 1 aliphatic rings. The maximum Gasteiger partial charge on any atom is 0.164 e. The van der Waals surface area contributed by atoms with E-state index in [0.29, 0.717) is 18.9 Å². The Kier molecular flexibility index (Phi) is 4.97. The van der Waals surface area contributed by atoms with Gasteiger partial charge in [-0.1, -0.05) is 19.3 Å². The first-order valence-corrected chi connectivity index (χ1v) is 7.17. The van der Waals surface area contributed by atoms with Gasteiger partial charge in [0.1, 0.15) is 5.75 Å². The number of Topliss-reactive ketones (excluding diaryl/α,β-unsaturated/α-hetero) is 1. The molecule has 1 fully saturated rings. The Bertz CT molecular complexity index is 436. The van der Waals surface area contributed by atoms with Crippen molar-refractivity contribution in [2.45, 2.75) is 44.4 Å². The maximum absolute atomic E-state index is 12.0. The Morgan fingerprint density at radius 3 is 2.68 bits per heavy atom. The van der Waals surface area contributed by atoms with Gasteiger partial charge < -0.3 is 10.5 Å². The zero-order valence-corrected chi connectivity index (χ0v) is 11.7. The van der Waals surface area contributed by atoms with E-state index in [0.717, 1.165) is 11.3 Å². The van der Waals surface area contributed by atoms with Crippen LogP contribution >= 0.6 is 0 Å². The molecule has 0 spiro atoms. The molecule has 19 heavy (non-hydrogen) atoms. The van der Waals surface area contributed by atoms with Crippen molar-refractivity contribution < 1.29 is 9.53 Å². The summed E-state index contributed by atoms with van der Waals surface area (Å²) in [4.78, 5) is 12.0. The predicted molar refractivity (Wildman–Crippen MR) is 76.8 cm³/mol. The van der Waals surface area contributed by atoms with Crippen LogP contribution in [0.1, 0.15) is 60.4 Å². The molecule has 104 valence electrons. The Hall–Kier alpha value is -1.35. The van der Waals surface area contributed by atoms with Crippen LogP contribution < -0.4 is 10.5 Å². The number of hydrogen-bond acceptors (Lipinski definition) is 3. The van der Waals surface area contributed by atoms with Crippen molar-refractivity contribution in [1.82, 2.24) is 0 Å². The number of ketones is 1. The molecule has 0 aliphatic heterocycles. The maximum atomic E-state index is 12.0. The summed E-state index contributed by atoms with van der Waals surface area (Å²) in [6.45, 7) is 0.406. The lowest BCUT2D eigenvalue weighted by atomic mass is 9.83. The second kappa shape index (κ2) is 6.71. The Morgan fingerprint density at radius 1 is 1.32 bits per heavy atom. The van der Waals surface area contributed by atoms with Gasteiger partial charge in [0, 0.05) is 12.0 Å². The summed E-state index contributed by atoms with van der Waals surface area (Å²) in [6.07, 6.45) is 6.68. The molecule has 2 N–H and O–H groups in total. The van der Waals surface area contributed by atoms with Crippen LogP contribution in [0.4, 0.5) is 0 Å². The number of carbonyl (C=O) groups is 1. The average molecular weight is 261 g/mol. The summed E-state index contributed by atoms with van der Waals surface area (Å²) >= 11 is 0. The van der Waals surface area contributed by atoms with Crippen LogP contribution in [0.5, 0.6) is 5.75 Å². The lowest BCUT2D eigenvalue weighted by Gasteiger charge is -2.24. The zero-order chi connectivity index (χ0) is 13.7. The molecule has 0 bridgehead atoms. The SMILES string of the molecule is COc1ccc(C(=O)CCN)cc1C1CCCCC1. The first-order chi connectivity index (χ1) is 9.26. The lowest BCUT2D eigenvalue weighted by Crippen LogP contribution is -2.11. The fourth-order valence-electron chi connectivity index (χ4n) is 2.92. The fraction of sp³-hybridized carbons (Fsp3) is 0.562. The van der Waals surface area contributed by atoms with Gasteiger partial charge in [-0.3, -0.25) is 4.79 Å². The van der Waals surface area contributed by atoms with E-state index in [2.05, 4.69) is 0 Å². The molecular weight excluding hydrogens is 238 g/mol. The molecule has 2 rings (SSSR count). The molecule has 3 nitrogen and oxygen atoms in total. The summed E-state index contributed by atoms with van der Waals surface area (Å²) in [5.41, 5.74) is 7.43. The van der Waals surface area contributed by atoms with E-state index < -0.39 is 0 Å². The highest BCUT2D eigenvalue weighted by Gasteiger charge is 2.20. The number of rotatable bonds is 5. The van der Waals surface area contributed by atoms with Gasteiger partial charge in [-0.2, -0.15) is 0 Å². The Balaban J connectivity index is 2.27. The molecule has 0 radical (unpaired) electrons. The van der Waals surface area contributed by atoms with Crippen molar-refractivity contribution >= 4 is 5.78 Å². The smallest absolute Gasteiger partial charge is 0.164 e. The summed E-state index contributed by atoms with van der Waals surface area (Å²) in [5, 5.41) is 0. The molecule has 1 saturated carbocycles. The number of carbonyl (C=O) groups excluding carboxylic acids is 1. The topological polar surface area (TPSA) is 52.3 Å². The molecule has 1 aliphatic carbocycles. The van der Waals surface area contributed by atoms with Crippen molar-refractivity contribution in [3.63, 3.8) is 0 Å². The van der Waals surface area contributed by atoms with Crippen molar-refractivity contribution in [2.75, 3.05) is 13.7 Å². The number of ether oxygens (including phenoxy) is 1. The first-order valence-electron chi connectivity index (χ1n) is 7.17. The molecule has 3 heteroatoms. The number of methoxy groups -OCH3 is 1. The van der Waals surface area contributed by atoms with E-state index in [1.54, 1.807) is 7.11 Å². The molecule has 0 atom stereocenters. The second-order valence-electron chi connectivity index (χ2n) is 5.25. The molecule has 0 heterocycles. The van der Waals surface area contributed by atoms with Crippen LogP contribution in [0.15, 0.2) is 18.2 Å². The van der Waals surface area contributed by atoms with E-state index >= 15 is 0 Å². The minimum absolute atomic E-state index is 0.127. The van der Waals surface area contributed by atoms with Gasteiger partial charge in [0.2, 0.25) is 0 Å². The van der Waals surface area contributed by atoms with Crippen LogP contribution in [0, 0.1) is 0 Å². The van der Waals surface area contributed by atoms with E-state index in [1.165, 1.54) is 37.7 Å². The van der Waals surface area contributed by atoms with Gasteiger partial charge in [-0.25, -0.2) is 0 Å². The van der Waals surface area contributed by atoms with Gasteiger partial charge in [0.15, 0.2) is 5.78 Å². The average Bonchev–Trinajstić information content (AvgIpc) is 2.47. The minimum atomic E-state index is 0.127. The van der Waals surface area contributed by atoms with Crippen LogP contribution in [0.3, 0.4) is 0 Å². The van der Waals surface area contributed by atoms with Crippen molar-refractivity contribution in [3.05, 3.63) is 29.3 Å². The first kappa shape index (κ1) is 14.1. The number of benzene rings is 1. The van der Waals surface area contributed by atoms with E-state index in [9.17, 15) is 4.79 Å². The normalized spacial score (nSPS) is 16.3. The molecule has 0 aromatic heterocycles. The summed E-state index contributed by atoms with van der Waals surface area (Å²) < 4.78 is 5.46. The molecule has 1 aromatic rings. The van der Waals surface area contributed by atoms with Gasteiger partial charge in [-0.05, 0) is 49.1 Å². The minimum Gasteiger partial charge on any atom is -0.496 e. The largest absolute Gasteiger partial charge is 0.496 e. The van der Waals surface area contributed by atoms with E-state index in [1.807, 2.05) is 18.2 Å². The third kappa shape index (κ3) is 3.35. The standard InChI is InChI=1S/C16H23NO2/c1-19-16-8-7-13(15(18)9-10-17)11-14(16)12-5-3-2-4-6-12/h7-8,11-12H,2-6,9-10,17H2,1H3. The monoisotopic (exact) mass is 261 g/mol. The van der Waals surface area contributed by atoms with E-state index in [4.69, 9.17) is 10.5 Å². The molecule has 0 amide bonds. The number of hydrogen-bond donors (Lipinski definition) is 1. The quantitative estimate of drug-likeness (QED) is 0.828. The summed E-state index contributed by atoms with van der Waals surface area (Å²) in [5.74, 6) is 1.58. The van der Waals surface area contributed by atoms with Crippen LogP contribution in [0.25, 0.3) is 0 Å². The highest BCUT2D eigenvalue weighted by Crippen LogP contribution is 2.37. The highest BCUT2D eigenvalue weighted by atomic mass is 16.5. The molecule has 1 aromatic carbocycles. The summed E-state index contributed by atoms with van der Waals surface area (Å²) in [7, 11) is 1.70. The fourth-order valence-corrected chi connectivity index (χ4v) is 2.92.